The molecular weight excluding hydrogens is 460 g/mol. The maximum Gasteiger partial charge on any atom is 0.238 e. The van der Waals surface area contributed by atoms with Crippen LogP contribution in [0, 0.1) is 47.3 Å². The molecule has 2 heterocycles. The van der Waals surface area contributed by atoms with Crippen molar-refractivity contribution in [3.8, 4) is 11.5 Å². The van der Waals surface area contributed by atoms with Crippen molar-refractivity contribution in [2.75, 3.05) is 24.0 Å². The summed E-state index contributed by atoms with van der Waals surface area (Å²) >= 11 is 0. The molecule has 0 spiro atoms. The Morgan fingerprint density at radius 2 is 0.861 bits per heavy atom. The third-order valence-electron chi connectivity index (χ3n) is 9.00. The zero-order chi connectivity index (χ0) is 24.9. The summed E-state index contributed by atoms with van der Waals surface area (Å²) < 4.78 is 10.4. The Bertz CT molecular complexity index is 1290. The van der Waals surface area contributed by atoms with Crippen LogP contribution in [0.25, 0.3) is 0 Å². The van der Waals surface area contributed by atoms with Gasteiger partial charge in [-0.1, -0.05) is 12.2 Å². The van der Waals surface area contributed by atoms with Crippen molar-refractivity contribution < 1.29 is 28.7 Å². The second kappa shape index (κ2) is 7.29. The van der Waals surface area contributed by atoms with Gasteiger partial charge in [0.2, 0.25) is 23.6 Å². The molecule has 2 aromatic carbocycles. The maximum atomic E-state index is 13.6. The highest BCUT2D eigenvalue weighted by Crippen LogP contribution is 2.68. The predicted molar refractivity (Wildman–Crippen MR) is 128 cm³/mol. The molecule has 8 atom stereocenters. The fraction of sp³-hybridized carbons (Fsp3) is 0.357. The number of hydrogen-bond donors (Lipinski definition) is 0. The molecule has 2 aliphatic heterocycles. The first-order valence-electron chi connectivity index (χ1n) is 12.2. The maximum absolute atomic E-state index is 13.6. The molecule has 0 N–H and O–H groups in total. The molecule has 2 bridgehead atoms. The summed E-state index contributed by atoms with van der Waals surface area (Å²) in [6.45, 7) is 0. The molecule has 0 aromatic heterocycles. The number of nitrogens with zero attached hydrogens (tertiary/aromatic N) is 2. The van der Waals surface area contributed by atoms with E-state index in [4.69, 9.17) is 9.47 Å². The Hall–Kier alpha value is -3.94. The molecule has 36 heavy (non-hydrogen) atoms. The molecule has 0 unspecified atom stereocenters. The molecule has 6 aliphatic rings. The minimum Gasteiger partial charge on any atom is -0.497 e. The Morgan fingerprint density at radius 1 is 0.528 bits per heavy atom. The van der Waals surface area contributed by atoms with E-state index >= 15 is 0 Å². The lowest BCUT2D eigenvalue weighted by Gasteiger charge is -2.60. The Kier molecular flexibility index (Phi) is 4.32. The van der Waals surface area contributed by atoms with Crippen molar-refractivity contribution in [1.29, 1.82) is 0 Å². The van der Waals surface area contributed by atoms with Crippen LogP contribution in [-0.4, -0.2) is 37.8 Å². The molecule has 182 valence electrons. The fourth-order valence-corrected chi connectivity index (χ4v) is 7.57. The number of fused-ring (bicyclic) bond motifs is 1. The van der Waals surface area contributed by atoms with Crippen molar-refractivity contribution in [2.45, 2.75) is 0 Å². The van der Waals surface area contributed by atoms with E-state index in [1.54, 1.807) is 62.8 Å². The van der Waals surface area contributed by atoms with E-state index in [9.17, 15) is 19.2 Å². The number of benzene rings is 2. The van der Waals surface area contributed by atoms with E-state index in [1.165, 1.54) is 9.80 Å². The zero-order valence-electron chi connectivity index (χ0n) is 19.7. The monoisotopic (exact) mass is 484 g/mol. The number of allylic oxidation sites excluding steroid dienone is 2. The van der Waals surface area contributed by atoms with Crippen molar-refractivity contribution in [2.24, 2.45) is 47.3 Å². The van der Waals surface area contributed by atoms with Crippen LogP contribution in [0.4, 0.5) is 11.4 Å². The number of hydrogen-bond acceptors (Lipinski definition) is 6. The molecular formula is C28H24N2O6. The van der Waals surface area contributed by atoms with E-state index in [0.717, 1.165) is 0 Å². The Labute approximate surface area is 207 Å². The molecule has 4 amide bonds. The van der Waals surface area contributed by atoms with Crippen molar-refractivity contribution in [3.05, 3.63) is 60.7 Å². The lowest BCUT2D eigenvalue weighted by atomic mass is 9.40. The average molecular weight is 485 g/mol. The van der Waals surface area contributed by atoms with E-state index in [-0.39, 0.29) is 47.3 Å². The number of methoxy groups -OCH3 is 2. The number of rotatable bonds is 4. The van der Waals surface area contributed by atoms with Crippen LogP contribution < -0.4 is 19.3 Å². The molecule has 8 nitrogen and oxygen atoms in total. The lowest BCUT2D eigenvalue weighted by Crippen LogP contribution is -2.63. The van der Waals surface area contributed by atoms with Gasteiger partial charge in [0.15, 0.2) is 0 Å². The zero-order valence-corrected chi connectivity index (χ0v) is 19.7. The number of anilines is 2. The predicted octanol–water partition coefficient (Wildman–Crippen LogP) is 2.68. The standard InChI is InChI=1S/C28H24N2O6/c1-35-15-7-3-13(4-8-15)29-25(31)21-17-11-12-18(22(21)26(29)32)20-19(17)23-24(20)28(34)30(27(23)33)14-5-9-16(36-2)10-6-14/h3-12,17-24H,1-2H3/t17-,18-,19-,20+,21-,22+,23+,24-/m0/s1. The number of ether oxygens (including phenoxy) is 2. The molecule has 8 rings (SSSR count). The van der Waals surface area contributed by atoms with Gasteiger partial charge in [-0.15, -0.1) is 0 Å². The second-order valence-corrected chi connectivity index (χ2v) is 10.2. The largest absolute Gasteiger partial charge is 0.497 e. The van der Waals surface area contributed by atoms with Crippen LogP contribution in [0.3, 0.4) is 0 Å². The van der Waals surface area contributed by atoms with Crippen LogP contribution in [0.15, 0.2) is 60.7 Å². The average Bonchev–Trinajstić information content (AvgIpc) is 3.28. The van der Waals surface area contributed by atoms with Gasteiger partial charge in [0.1, 0.15) is 11.5 Å². The number of carbonyl (C=O) groups is 4. The summed E-state index contributed by atoms with van der Waals surface area (Å²) in [7, 11) is 3.12. The normalized spacial score (nSPS) is 35.5. The Morgan fingerprint density at radius 3 is 1.19 bits per heavy atom. The minimum atomic E-state index is -0.505. The number of amides is 4. The van der Waals surface area contributed by atoms with Crippen LogP contribution in [0.2, 0.25) is 0 Å². The van der Waals surface area contributed by atoms with Gasteiger partial charge in [-0.25, -0.2) is 0 Å². The SMILES string of the molecule is COc1ccc(N2C(=O)[C@@H]3[C@H]4C=C[C@H]([C@@H]3C2=O)[C@@H]2[C@H]3C(=O)N(c5ccc(OC)cc5)C(=O)[C@H]3[C@H]42)cc1. The van der Waals surface area contributed by atoms with E-state index < -0.39 is 23.7 Å². The van der Waals surface area contributed by atoms with Crippen LogP contribution >= 0.6 is 0 Å². The summed E-state index contributed by atoms with van der Waals surface area (Å²) in [5.41, 5.74) is 1.04. The third-order valence-corrected chi connectivity index (χ3v) is 9.00. The molecule has 2 saturated heterocycles. The summed E-state index contributed by atoms with van der Waals surface area (Å²) in [5, 5.41) is 0. The summed E-state index contributed by atoms with van der Waals surface area (Å²) in [6, 6.07) is 13.8. The highest BCUT2D eigenvalue weighted by atomic mass is 16.5. The second-order valence-electron chi connectivity index (χ2n) is 10.2. The number of carbonyl (C=O) groups excluding carboxylic acids is 4. The molecule has 8 heteroatoms. The Balaban J connectivity index is 1.22. The highest BCUT2D eigenvalue weighted by Gasteiger charge is 2.75. The van der Waals surface area contributed by atoms with Gasteiger partial charge >= 0.3 is 0 Å². The van der Waals surface area contributed by atoms with Gasteiger partial charge in [0.05, 0.1) is 49.3 Å². The number of imide groups is 2. The van der Waals surface area contributed by atoms with Crippen LogP contribution in [0.5, 0.6) is 11.5 Å². The van der Waals surface area contributed by atoms with Crippen molar-refractivity contribution in [3.63, 3.8) is 0 Å². The first-order valence-corrected chi connectivity index (χ1v) is 12.2. The van der Waals surface area contributed by atoms with Gasteiger partial charge in [0, 0.05) is 0 Å². The van der Waals surface area contributed by atoms with Crippen LogP contribution in [-0.2, 0) is 19.2 Å². The molecule has 0 radical (unpaired) electrons. The third kappa shape index (κ3) is 2.49. The van der Waals surface area contributed by atoms with Crippen molar-refractivity contribution >= 4 is 35.0 Å². The lowest BCUT2D eigenvalue weighted by molar-refractivity contribution is -0.166. The topological polar surface area (TPSA) is 93.2 Å². The van der Waals surface area contributed by atoms with Crippen LogP contribution in [0.1, 0.15) is 0 Å². The molecule has 4 aliphatic carbocycles. The van der Waals surface area contributed by atoms with Gasteiger partial charge in [0.25, 0.3) is 0 Å². The summed E-state index contributed by atoms with van der Waals surface area (Å²) in [4.78, 5) is 56.9. The van der Waals surface area contributed by atoms with Gasteiger partial charge in [-0.05, 0) is 72.2 Å². The van der Waals surface area contributed by atoms with Gasteiger partial charge in [-0.2, -0.15) is 0 Å². The summed E-state index contributed by atoms with van der Waals surface area (Å²) in [5.74, 6) is -2.21. The van der Waals surface area contributed by atoms with Gasteiger partial charge in [-0.3, -0.25) is 29.0 Å². The highest BCUT2D eigenvalue weighted by molar-refractivity contribution is 6.25. The van der Waals surface area contributed by atoms with E-state index in [0.29, 0.717) is 22.9 Å². The molecule has 4 fully saturated rings. The first-order chi connectivity index (χ1) is 17.5. The van der Waals surface area contributed by atoms with Crippen molar-refractivity contribution in [1.82, 2.24) is 0 Å². The minimum absolute atomic E-state index is 0.112. The first kappa shape index (κ1) is 21.4. The summed E-state index contributed by atoms with van der Waals surface area (Å²) in [6.07, 6.45) is 4.03. The fourth-order valence-electron chi connectivity index (χ4n) is 7.57. The van der Waals surface area contributed by atoms with E-state index in [1.807, 2.05) is 12.2 Å². The molecule has 2 aromatic rings. The molecule has 2 saturated carbocycles. The quantitative estimate of drug-likeness (QED) is 0.489. The van der Waals surface area contributed by atoms with Gasteiger partial charge < -0.3 is 9.47 Å². The smallest absolute Gasteiger partial charge is 0.238 e. The van der Waals surface area contributed by atoms with E-state index in [2.05, 4.69) is 0 Å².